The van der Waals surface area contributed by atoms with Gasteiger partial charge < -0.3 is 13.9 Å². The predicted molar refractivity (Wildman–Crippen MR) is 94.5 cm³/mol. The average molecular weight is 338 g/mol. The van der Waals surface area contributed by atoms with Crippen molar-refractivity contribution in [3.8, 4) is 17.2 Å². The van der Waals surface area contributed by atoms with Crippen molar-refractivity contribution >= 4 is 16.9 Å². The molecule has 0 N–H and O–H groups in total. The molecular formula is C20H18O5. The Morgan fingerprint density at radius 3 is 2.40 bits per heavy atom. The van der Waals surface area contributed by atoms with Crippen molar-refractivity contribution in [3.63, 3.8) is 0 Å². The molecule has 0 unspecified atom stereocenters. The second-order valence-electron chi connectivity index (χ2n) is 5.84. The van der Waals surface area contributed by atoms with Gasteiger partial charge in [-0.2, -0.15) is 0 Å². The van der Waals surface area contributed by atoms with Crippen LogP contribution in [0.15, 0.2) is 45.6 Å². The topological polar surface area (TPSA) is 65.7 Å². The summed E-state index contributed by atoms with van der Waals surface area (Å²) in [6.45, 7) is 6.64. The van der Waals surface area contributed by atoms with E-state index in [4.69, 9.17) is 13.9 Å². The Labute approximate surface area is 144 Å². The highest BCUT2D eigenvalue weighted by Crippen LogP contribution is 2.31. The number of rotatable bonds is 3. The molecule has 3 aromatic rings. The summed E-state index contributed by atoms with van der Waals surface area (Å²) in [7, 11) is 0. The predicted octanol–water partition coefficient (Wildman–Crippen LogP) is 4.44. The Bertz CT molecular complexity index is 1030. The van der Waals surface area contributed by atoms with E-state index in [-0.39, 0.29) is 11.2 Å². The lowest BCUT2D eigenvalue weighted by Crippen LogP contribution is -2.09. The highest BCUT2D eigenvalue weighted by Gasteiger charge is 2.18. The third kappa shape index (κ3) is 3.13. The van der Waals surface area contributed by atoms with Gasteiger partial charge >= 0.3 is 5.97 Å². The zero-order valence-electron chi connectivity index (χ0n) is 14.5. The lowest BCUT2D eigenvalue weighted by Gasteiger charge is -2.12. The van der Waals surface area contributed by atoms with Gasteiger partial charge in [-0.15, -0.1) is 0 Å². The second-order valence-corrected chi connectivity index (χ2v) is 5.84. The molecule has 0 aliphatic heterocycles. The number of esters is 1. The van der Waals surface area contributed by atoms with Crippen LogP contribution in [0.5, 0.6) is 17.2 Å². The number of carbonyl (C=O) groups excluding carboxylic acids is 1. The highest BCUT2D eigenvalue weighted by molar-refractivity contribution is 5.84. The largest absolute Gasteiger partial charge is 0.457 e. The number of aryl methyl sites for hydroxylation is 3. The molecule has 0 atom stereocenters. The van der Waals surface area contributed by atoms with Crippen molar-refractivity contribution in [3.05, 3.63) is 63.5 Å². The maximum Gasteiger partial charge on any atom is 0.308 e. The standard InChI is InChI=1S/C20H18O5/c1-11-7-5-6-8-16(11)25-20-13(3)23-19-12(2)17(24-14(4)21)10-9-15(19)18(20)22/h5-10H,1-4H3. The molecule has 5 nitrogen and oxygen atoms in total. The van der Waals surface area contributed by atoms with Crippen LogP contribution in [-0.2, 0) is 4.79 Å². The summed E-state index contributed by atoms with van der Waals surface area (Å²) in [5, 5.41) is 0.377. The molecule has 1 aromatic heterocycles. The number of hydrogen-bond donors (Lipinski definition) is 0. The van der Waals surface area contributed by atoms with Gasteiger partial charge in [0.2, 0.25) is 11.2 Å². The molecule has 0 aliphatic rings. The normalized spacial score (nSPS) is 10.7. The maximum atomic E-state index is 12.9. The van der Waals surface area contributed by atoms with Crippen molar-refractivity contribution in [1.82, 2.24) is 0 Å². The van der Waals surface area contributed by atoms with Crippen molar-refractivity contribution in [2.45, 2.75) is 27.7 Å². The van der Waals surface area contributed by atoms with Crippen LogP contribution in [0, 0.1) is 20.8 Å². The summed E-state index contributed by atoms with van der Waals surface area (Å²) in [6.07, 6.45) is 0. The molecule has 0 amide bonds. The number of para-hydroxylation sites is 1. The van der Waals surface area contributed by atoms with E-state index in [2.05, 4.69) is 0 Å². The molecule has 3 rings (SSSR count). The van der Waals surface area contributed by atoms with Gasteiger partial charge in [-0.25, -0.2) is 0 Å². The van der Waals surface area contributed by atoms with Gasteiger partial charge in [-0.3, -0.25) is 9.59 Å². The van der Waals surface area contributed by atoms with Gasteiger partial charge in [-0.05, 0) is 44.5 Å². The third-order valence-electron chi connectivity index (χ3n) is 3.94. The summed E-state index contributed by atoms with van der Waals surface area (Å²) >= 11 is 0. The zero-order valence-corrected chi connectivity index (χ0v) is 14.5. The Morgan fingerprint density at radius 2 is 1.72 bits per heavy atom. The fourth-order valence-corrected chi connectivity index (χ4v) is 2.63. The van der Waals surface area contributed by atoms with Crippen molar-refractivity contribution < 1.29 is 18.7 Å². The molecular weight excluding hydrogens is 320 g/mol. The van der Waals surface area contributed by atoms with Gasteiger partial charge in [0.15, 0.2) is 0 Å². The van der Waals surface area contributed by atoms with E-state index < -0.39 is 5.97 Å². The molecule has 0 aliphatic carbocycles. The van der Waals surface area contributed by atoms with Gasteiger partial charge in [-0.1, -0.05) is 18.2 Å². The average Bonchev–Trinajstić information content (AvgIpc) is 2.56. The van der Waals surface area contributed by atoms with Crippen LogP contribution >= 0.6 is 0 Å². The Balaban J connectivity index is 2.15. The molecule has 0 bridgehead atoms. The maximum absolute atomic E-state index is 12.9. The summed E-state index contributed by atoms with van der Waals surface area (Å²) in [4.78, 5) is 24.0. The summed E-state index contributed by atoms with van der Waals surface area (Å²) in [5.41, 5.74) is 1.64. The van der Waals surface area contributed by atoms with Gasteiger partial charge in [0.1, 0.15) is 22.8 Å². The van der Waals surface area contributed by atoms with Crippen molar-refractivity contribution in [2.24, 2.45) is 0 Å². The zero-order chi connectivity index (χ0) is 18.1. The fraction of sp³-hybridized carbons (Fsp3) is 0.200. The van der Waals surface area contributed by atoms with E-state index >= 15 is 0 Å². The number of benzene rings is 2. The van der Waals surface area contributed by atoms with Gasteiger partial charge in [0.05, 0.1) is 5.39 Å². The highest BCUT2D eigenvalue weighted by atomic mass is 16.5. The molecule has 1 heterocycles. The van der Waals surface area contributed by atoms with Crippen LogP contribution in [0.25, 0.3) is 11.0 Å². The fourth-order valence-electron chi connectivity index (χ4n) is 2.63. The first-order valence-electron chi connectivity index (χ1n) is 7.87. The smallest absolute Gasteiger partial charge is 0.308 e. The molecule has 0 saturated carbocycles. The quantitative estimate of drug-likeness (QED) is 0.522. The Hall–Kier alpha value is -3.08. The van der Waals surface area contributed by atoms with E-state index in [0.29, 0.717) is 33.8 Å². The lowest BCUT2D eigenvalue weighted by atomic mass is 10.1. The van der Waals surface area contributed by atoms with Gasteiger partial charge in [0, 0.05) is 12.5 Å². The van der Waals surface area contributed by atoms with Crippen LogP contribution in [0.2, 0.25) is 0 Å². The van der Waals surface area contributed by atoms with Crippen LogP contribution < -0.4 is 14.9 Å². The minimum atomic E-state index is -0.430. The molecule has 128 valence electrons. The molecule has 0 spiro atoms. The monoisotopic (exact) mass is 338 g/mol. The van der Waals surface area contributed by atoms with Gasteiger partial charge in [0.25, 0.3) is 0 Å². The lowest BCUT2D eigenvalue weighted by molar-refractivity contribution is -0.131. The number of fused-ring (bicyclic) bond motifs is 1. The molecule has 0 fully saturated rings. The van der Waals surface area contributed by atoms with Crippen LogP contribution in [0.3, 0.4) is 0 Å². The third-order valence-corrected chi connectivity index (χ3v) is 3.94. The summed E-state index contributed by atoms with van der Waals surface area (Å²) in [6, 6.07) is 10.6. The number of carbonyl (C=O) groups is 1. The van der Waals surface area contributed by atoms with E-state index in [9.17, 15) is 9.59 Å². The van der Waals surface area contributed by atoms with E-state index in [0.717, 1.165) is 5.56 Å². The first kappa shape index (κ1) is 16.8. The minimum absolute atomic E-state index is 0.154. The van der Waals surface area contributed by atoms with Crippen LogP contribution in [-0.4, -0.2) is 5.97 Å². The van der Waals surface area contributed by atoms with Crippen LogP contribution in [0.1, 0.15) is 23.8 Å². The number of ether oxygens (including phenoxy) is 2. The molecule has 0 radical (unpaired) electrons. The molecule has 25 heavy (non-hydrogen) atoms. The first-order chi connectivity index (χ1) is 11.9. The summed E-state index contributed by atoms with van der Waals surface area (Å²) < 4.78 is 16.8. The molecule has 2 aromatic carbocycles. The summed E-state index contributed by atoms with van der Waals surface area (Å²) in [5.74, 6) is 1.06. The van der Waals surface area contributed by atoms with Crippen LogP contribution in [0.4, 0.5) is 0 Å². The Kier molecular flexibility index (Phi) is 4.31. The second kappa shape index (κ2) is 6.43. The minimum Gasteiger partial charge on any atom is -0.457 e. The Morgan fingerprint density at radius 1 is 1.00 bits per heavy atom. The van der Waals surface area contributed by atoms with E-state index in [1.165, 1.54) is 6.92 Å². The molecule has 0 saturated heterocycles. The SMILES string of the molecule is CC(=O)Oc1ccc2c(=O)c(Oc3ccccc3C)c(C)oc2c1C. The molecule has 5 heteroatoms. The van der Waals surface area contributed by atoms with Crippen molar-refractivity contribution in [2.75, 3.05) is 0 Å². The van der Waals surface area contributed by atoms with Crippen molar-refractivity contribution in [1.29, 1.82) is 0 Å². The van der Waals surface area contributed by atoms with E-state index in [1.54, 1.807) is 32.0 Å². The first-order valence-corrected chi connectivity index (χ1v) is 7.87. The number of hydrogen-bond acceptors (Lipinski definition) is 5. The van der Waals surface area contributed by atoms with E-state index in [1.807, 2.05) is 25.1 Å².